The molecule has 0 aliphatic heterocycles. The summed E-state index contributed by atoms with van der Waals surface area (Å²) >= 11 is 0. The Balaban J connectivity index is 1.88. The lowest BCUT2D eigenvalue weighted by Crippen LogP contribution is -2.08. The van der Waals surface area contributed by atoms with E-state index in [1.165, 1.54) is 0 Å². The summed E-state index contributed by atoms with van der Waals surface area (Å²) in [7, 11) is 1.58. The van der Waals surface area contributed by atoms with Crippen LogP contribution in [0.25, 0.3) is 0 Å². The predicted molar refractivity (Wildman–Crippen MR) is 86.0 cm³/mol. The number of methoxy groups -OCH3 is 1. The summed E-state index contributed by atoms with van der Waals surface area (Å²) in [5, 5.41) is 10.9. The molecule has 0 heterocycles. The molecule has 0 aliphatic rings. The number of carbonyl (C=O) groups is 1. The number of oxime groups is 1. The van der Waals surface area contributed by atoms with Crippen LogP contribution in [-0.4, -0.2) is 25.2 Å². The summed E-state index contributed by atoms with van der Waals surface area (Å²) < 4.78 is 9.99. The van der Waals surface area contributed by atoms with Crippen molar-refractivity contribution in [3.05, 3.63) is 65.7 Å². The molecular weight excluding hydrogens is 296 g/mol. The van der Waals surface area contributed by atoms with Crippen LogP contribution in [0.15, 0.2) is 59.8 Å². The molecule has 0 radical (unpaired) electrons. The highest BCUT2D eigenvalue weighted by atomic mass is 16.8. The molecule has 0 aromatic heterocycles. The van der Waals surface area contributed by atoms with Gasteiger partial charge in [-0.05, 0) is 17.7 Å². The van der Waals surface area contributed by atoms with E-state index in [4.69, 9.17) is 14.9 Å². The van der Waals surface area contributed by atoms with Crippen molar-refractivity contribution < 1.29 is 19.1 Å². The van der Waals surface area contributed by atoms with Crippen LogP contribution in [-0.2, 0) is 16.2 Å². The first-order chi connectivity index (χ1) is 11.2. The zero-order valence-corrected chi connectivity index (χ0v) is 12.6. The molecule has 6 nitrogen and oxygen atoms in total. The highest BCUT2D eigenvalue weighted by molar-refractivity contribution is 6.37. The lowest BCUT2D eigenvalue weighted by molar-refractivity contribution is 0.0522. The van der Waals surface area contributed by atoms with E-state index >= 15 is 0 Å². The first-order valence-electron chi connectivity index (χ1n) is 6.83. The molecule has 6 heteroatoms. The van der Waals surface area contributed by atoms with E-state index in [-0.39, 0.29) is 12.3 Å². The van der Waals surface area contributed by atoms with Gasteiger partial charge in [-0.15, -0.1) is 0 Å². The summed E-state index contributed by atoms with van der Waals surface area (Å²) in [4.78, 5) is 16.2. The van der Waals surface area contributed by atoms with Gasteiger partial charge in [-0.3, -0.25) is 4.84 Å². The first kappa shape index (κ1) is 16.2. The maximum atomic E-state index is 11.5. The van der Waals surface area contributed by atoms with Gasteiger partial charge in [0.1, 0.15) is 18.1 Å². The number of benzene rings is 2. The van der Waals surface area contributed by atoms with Crippen molar-refractivity contribution in [1.29, 1.82) is 5.41 Å². The zero-order chi connectivity index (χ0) is 16.5. The number of rotatable bonds is 6. The number of nitrogens with zero attached hydrogens (tertiary/aromatic N) is 1. The van der Waals surface area contributed by atoms with Crippen LogP contribution >= 0.6 is 0 Å². The van der Waals surface area contributed by atoms with Crippen LogP contribution in [0.1, 0.15) is 11.1 Å². The van der Waals surface area contributed by atoms with Crippen molar-refractivity contribution in [3.63, 3.8) is 0 Å². The highest BCUT2D eigenvalue weighted by Gasteiger charge is 2.07. The van der Waals surface area contributed by atoms with Gasteiger partial charge in [0, 0.05) is 11.8 Å². The molecule has 2 rings (SSSR count). The summed E-state index contributed by atoms with van der Waals surface area (Å²) in [6, 6.07) is 16.1. The molecule has 2 aromatic rings. The van der Waals surface area contributed by atoms with Crippen molar-refractivity contribution in [2.24, 2.45) is 5.16 Å². The van der Waals surface area contributed by atoms with E-state index in [1.807, 2.05) is 6.07 Å². The number of hydrogen-bond acceptors (Lipinski definition) is 6. The molecule has 1 N–H and O–H groups in total. The molecule has 0 saturated carbocycles. The van der Waals surface area contributed by atoms with Gasteiger partial charge in [-0.25, -0.2) is 4.79 Å². The molecule has 0 spiro atoms. The third-order valence-corrected chi connectivity index (χ3v) is 2.94. The Morgan fingerprint density at radius 2 is 1.83 bits per heavy atom. The van der Waals surface area contributed by atoms with E-state index < -0.39 is 6.16 Å². The van der Waals surface area contributed by atoms with Crippen LogP contribution in [0, 0.1) is 5.41 Å². The second kappa shape index (κ2) is 8.33. The number of ether oxygens (including phenoxy) is 2. The Kier molecular flexibility index (Phi) is 5.88. The van der Waals surface area contributed by atoms with Crippen molar-refractivity contribution in [2.75, 3.05) is 7.11 Å². The minimum atomic E-state index is -0.934. The maximum absolute atomic E-state index is 11.5. The maximum Gasteiger partial charge on any atom is 0.535 e. The fraction of sp³-hybridized carbons (Fsp3) is 0.118. The van der Waals surface area contributed by atoms with Gasteiger partial charge in [-0.2, -0.15) is 0 Å². The Hall–Kier alpha value is -3.15. The minimum absolute atomic E-state index is 0.0591. The lowest BCUT2D eigenvalue weighted by Gasteiger charge is -2.04. The molecule has 0 fully saturated rings. The molecule has 0 unspecified atom stereocenters. The smallest absolute Gasteiger partial charge is 0.497 e. The van der Waals surface area contributed by atoms with Crippen LogP contribution < -0.4 is 4.74 Å². The van der Waals surface area contributed by atoms with E-state index in [9.17, 15) is 4.79 Å². The molecule has 2 aromatic carbocycles. The molecule has 118 valence electrons. The number of nitrogens with one attached hydrogen (secondary N) is 1. The first-order valence-corrected chi connectivity index (χ1v) is 6.83. The Morgan fingerprint density at radius 1 is 1.13 bits per heavy atom. The topological polar surface area (TPSA) is 81.0 Å². The largest absolute Gasteiger partial charge is 0.535 e. The van der Waals surface area contributed by atoms with Gasteiger partial charge in [0.25, 0.3) is 0 Å². The van der Waals surface area contributed by atoms with Crippen LogP contribution in [0.3, 0.4) is 0 Å². The quantitative estimate of drug-likeness (QED) is 0.383. The summed E-state index contributed by atoms with van der Waals surface area (Å²) in [5.74, 6) is 0.722. The second-order valence-corrected chi connectivity index (χ2v) is 4.46. The standard InChI is InChI=1S/C17H16N2O4/c1-21-15-9-7-13(8-10-15)12-22-17(20)23-19-16(11-18)14-5-3-2-4-6-14/h2-11,18H,12H2,1H3. The Morgan fingerprint density at radius 3 is 2.43 bits per heavy atom. The van der Waals surface area contributed by atoms with Crippen molar-refractivity contribution in [1.82, 2.24) is 0 Å². The fourth-order valence-electron chi connectivity index (χ4n) is 1.75. The monoisotopic (exact) mass is 312 g/mol. The van der Waals surface area contributed by atoms with E-state index in [2.05, 4.69) is 9.99 Å². The predicted octanol–water partition coefficient (Wildman–Crippen LogP) is 3.40. The van der Waals surface area contributed by atoms with Crippen LogP contribution in [0.2, 0.25) is 0 Å². The minimum Gasteiger partial charge on any atom is -0.497 e. The molecule has 23 heavy (non-hydrogen) atoms. The normalized spacial score (nSPS) is 10.7. The van der Waals surface area contributed by atoms with Gasteiger partial charge >= 0.3 is 6.16 Å². The molecule has 0 saturated heterocycles. The Labute approximate surface area is 133 Å². The van der Waals surface area contributed by atoms with E-state index in [0.717, 1.165) is 17.5 Å². The molecular formula is C17H16N2O4. The van der Waals surface area contributed by atoms with Gasteiger partial charge in [0.05, 0.1) is 7.11 Å². The van der Waals surface area contributed by atoms with E-state index in [1.54, 1.807) is 55.6 Å². The van der Waals surface area contributed by atoms with Crippen molar-refractivity contribution in [2.45, 2.75) is 6.61 Å². The summed E-state index contributed by atoms with van der Waals surface area (Å²) in [5.41, 5.74) is 1.69. The van der Waals surface area contributed by atoms with Gasteiger partial charge < -0.3 is 14.9 Å². The Bertz CT molecular complexity index is 681. The van der Waals surface area contributed by atoms with Gasteiger partial charge in [-0.1, -0.05) is 47.6 Å². The summed E-state index contributed by atoms with van der Waals surface area (Å²) in [6.07, 6.45) is 0.0719. The van der Waals surface area contributed by atoms with Crippen LogP contribution in [0.4, 0.5) is 4.79 Å². The molecule has 0 amide bonds. The zero-order valence-electron chi connectivity index (χ0n) is 12.6. The second-order valence-electron chi connectivity index (χ2n) is 4.46. The van der Waals surface area contributed by atoms with Crippen molar-refractivity contribution in [3.8, 4) is 5.75 Å². The van der Waals surface area contributed by atoms with Gasteiger partial charge in [0.2, 0.25) is 0 Å². The van der Waals surface area contributed by atoms with E-state index in [0.29, 0.717) is 5.56 Å². The lowest BCUT2D eigenvalue weighted by atomic mass is 10.1. The van der Waals surface area contributed by atoms with Gasteiger partial charge in [0.15, 0.2) is 0 Å². The third kappa shape index (κ3) is 4.96. The molecule has 0 aliphatic carbocycles. The fourth-order valence-corrected chi connectivity index (χ4v) is 1.75. The third-order valence-electron chi connectivity index (χ3n) is 2.94. The van der Waals surface area contributed by atoms with Crippen LogP contribution in [0.5, 0.6) is 5.75 Å². The average Bonchev–Trinajstić information content (AvgIpc) is 2.62. The molecule has 0 bridgehead atoms. The average molecular weight is 312 g/mol. The number of hydrogen-bond donors (Lipinski definition) is 1. The highest BCUT2D eigenvalue weighted by Crippen LogP contribution is 2.12. The van der Waals surface area contributed by atoms with Crippen molar-refractivity contribution >= 4 is 18.1 Å². The SMILES string of the molecule is COc1ccc(COC(=O)ON=C(C=N)c2ccccc2)cc1. The number of carbonyl (C=O) groups excluding carboxylic acids is 1. The summed E-state index contributed by atoms with van der Waals surface area (Å²) in [6.45, 7) is 0.0591. The molecule has 0 atom stereocenters.